The highest BCUT2D eigenvalue weighted by Gasteiger charge is 2.36. The van der Waals surface area contributed by atoms with Gasteiger partial charge >= 0.3 is 27.6 Å². The van der Waals surface area contributed by atoms with Crippen molar-refractivity contribution in [2.45, 2.75) is 205 Å². The van der Waals surface area contributed by atoms with Crippen LogP contribution in [0.1, 0.15) is 181 Å². The number of ether oxygens (including phenoxy) is 3. The minimum absolute atomic E-state index is 0.111. The summed E-state index contributed by atoms with van der Waals surface area (Å²) < 4.78 is 53.6. The first kappa shape index (κ1) is 58.1. The van der Waals surface area contributed by atoms with Gasteiger partial charge in [-0.25, -0.2) is 9.13 Å². The number of aliphatic hydroxyl groups is 1. The second kappa shape index (κ2) is 38.3. The molecule has 5 atom stereocenters. The molecule has 62 heavy (non-hydrogen) atoms. The number of carbonyl (C=O) groups is 2. The monoisotopic (exact) mass is 921 g/mol. The molecule has 0 spiro atoms. The molecule has 360 valence electrons. The van der Waals surface area contributed by atoms with Gasteiger partial charge in [0.05, 0.1) is 32.0 Å². The first-order chi connectivity index (χ1) is 29.8. The van der Waals surface area contributed by atoms with Gasteiger partial charge in [0.2, 0.25) is 0 Å². The third-order valence-corrected chi connectivity index (χ3v) is 11.5. The fourth-order valence-electron chi connectivity index (χ4n) is 6.38. The maximum atomic E-state index is 12.7. The van der Waals surface area contributed by atoms with Crippen LogP contribution in [0.25, 0.3) is 0 Å². The van der Waals surface area contributed by atoms with Crippen molar-refractivity contribution in [1.29, 1.82) is 0 Å². The van der Waals surface area contributed by atoms with Crippen LogP contribution in [-0.4, -0.2) is 82.6 Å². The molecule has 0 amide bonds. The lowest BCUT2D eigenvalue weighted by molar-refractivity contribution is -0.161. The van der Waals surface area contributed by atoms with Crippen LogP contribution in [0.5, 0.6) is 0 Å². The first-order valence-electron chi connectivity index (χ1n) is 23.5. The zero-order valence-corrected chi connectivity index (χ0v) is 39.7. The number of phosphoric acid groups is 2. The van der Waals surface area contributed by atoms with Gasteiger partial charge < -0.3 is 34.0 Å². The van der Waals surface area contributed by atoms with Crippen molar-refractivity contribution >= 4 is 27.6 Å². The third-order valence-electron chi connectivity index (χ3n) is 10.1. The van der Waals surface area contributed by atoms with Crippen molar-refractivity contribution in [3.05, 3.63) is 48.6 Å². The number of rotatable bonds is 43. The van der Waals surface area contributed by atoms with E-state index >= 15 is 0 Å². The van der Waals surface area contributed by atoms with Crippen LogP contribution in [0.4, 0.5) is 0 Å². The van der Waals surface area contributed by atoms with E-state index in [4.69, 9.17) is 28.5 Å². The molecule has 1 rings (SSSR count). The minimum Gasteiger partial charge on any atom is -0.462 e. The Morgan fingerprint density at radius 1 is 0.548 bits per heavy atom. The number of unbranched alkanes of at least 4 members (excludes halogenated alkanes) is 17. The first-order valence-corrected chi connectivity index (χ1v) is 26.5. The molecule has 0 aliphatic carbocycles. The SMILES string of the molecule is CCCCC/C=C\CC1OC1C/C=C\C/C=C\CCCC(=O)OC[C@H](COP(=O)(O)OC[C@@H](O)COP(=O)(O)O)OC(=O)CCCCCCCCC/C=C\CCCCCCCC. The van der Waals surface area contributed by atoms with Crippen LogP contribution in [-0.2, 0) is 46.5 Å². The molecule has 16 heteroatoms. The van der Waals surface area contributed by atoms with Crippen molar-refractivity contribution in [2.24, 2.45) is 0 Å². The Kier molecular flexibility index (Phi) is 35.9. The highest BCUT2D eigenvalue weighted by Crippen LogP contribution is 2.44. The smallest absolute Gasteiger partial charge is 0.462 e. The Balaban J connectivity index is 2.37. The van der Waals surface area contributed by atoms with Crippen LogP contribution in [0.3, 0.4) is 0 Å². The van der Waals surface area contributed by atoms with Crippen LogP contribution >= 0.6 is 15.6 Å². The Morgan fingerprint density at radius 2 is 1.00 bits per heavy atom. The third kappa shape index (κ3) is 38.5. The maximum Gasteiger partial charge on any atom is 0.472 e. The van der Waals surface area contributed by atoms with E-state index in [1.165, 1.54) is 77.0 Å². The van der Waals surface area contributed by atoms with Crippen molar-refractivity contribution < 1.29 is 66.3 Å². The molecule has 1 aliphatic heterocycles. The molecule has 1 heterocycles. The molecule has 3 unspecified atom stereocenters. The summed E-state index contributed by atoms with van der Waals surface area (Å²) in [5.74, 6) is -1.11. The lowest BCUT2D eigenvalue weighted by Crippen LogP contribution is -2.30. The van der Waals surface area contributed by atoms with E-state index in [0.717, 1.165) is 57.8 Å². The fraction of sp³-hybridized carbons (Fsp3) is 0.783. The maximum absolute atomic E-state index is 12.7. The molecule has 0 aromatic carbocycles. The van der Waals surface area contributed by atoms with Crippen molar-refractivity contribution in [3.8, 4) is 0 Å². The Bertz CT molecular complexity index is 1350. The normalized spacial score (nSPS) is 17.6. The van der Waals surface area contributed by atoms with Gasteiger partial charge in [-0.2, -0.15) is 0 Å². The summed E-state index contributed by atoms with van der Waals surface area (Å²) in [7, 11) is -9.70. The molecule has 0 aromatic heterocycles. The van der Waals surface area contributed by atoms with E-state index in [0.29, 0.717) is 31.5 Å². The summed E-state index contributed by atoms with van der Waals surface area (Å²) in [5, 5.41) is 9.76. The average Bonchev–Trinajstić information content (AvgIpc) is 3.99. The summed E-state index contributed by atoms with van der Waals surface area (Å²) in [5.41, 5.74) is 0. The van der Waals surface area contributed by atoms with Gasteiger partial charge in [0, 0.05) is 12.8 Å². The van der Waals surface area contributed by atoms with E-state index in [9.17, 15) is 28.7 Å². The predicted octanol–water partition coefficient (Wildman–Crippen LogP) is 11.2. The van der Waals surface area contributed by atoms with Gasteiger partial charge in [-0.1, -0.05) is 140 Å². The summed E-state index contributed by atoms with van der Waals surface area (Å²) in [6.45, 7) is 1.66. The number of allylic oxidation sites excluding steroid dienone is 6. The van der Waals surface area contributed by atoms with Gasteiger partial charge in [0.15, 0.2) is 6.10 Å². The van der Waals surface area contributed by atoms with Crippen LogP contribution in [0.15, 0.2) is 48.6 Å². The molecule has 1 fully saturated rings. The van der Waals surface area contributed by atoms with Crippen molar-refractivity contribution in [2.75, 3.05) is 26.4 Å². The van der Waals surface area contributed by atoms with E-state index in [-0.39, 0.29) is 12.8 Å². The lowest BCUT2D eigenvalue weighted by atomic mass is 10.1. The van der Waals surface area contributed by atoms with Crippen LogP contribution < -0.4 is 0 Å². The van der Waals surface area contributed by atoms with E-state index in [2.05, 4.69) is 59.4 Å². The lowest BCUT2D eigenvalue weighted by Gasteiger charge is -2.20. The number of phosphoric ester groups is 2. The number of hydrogen-bond donors (Lipinski definition) is 4. The minimum atomic E-state index is -4.87. The number of aliphatic hydroxyl groups excluding tert-OH is 1. The molecule has 0 aromatic rings. The van der Waals surface area contributed by atoms with E-state index < -0.39 is 66.2 Å². The molecular weight excluding hydrogens is 838 g/mol. The van der Waals surface area contributed by atoms with Gasteiger partial charge in [-0.15, -0.1) is 0 Å². The molecule has 0 saturated carbocycles. The van der Waals surface area contributed by atoms with Crippen molar-refractivity contribution in [1.82, 2.24) is 0 Å². The summed E-state index contributed by atoms with van der Waals surface area (Å²) >= 11 is 0. The second-order valence-corrected chi connectivity index (χ2v) is 18.8. The Morgan fingerprint density at radius 3 is 1.63 bits per heavy atom. The highest BCUT2D eigenvalue weighted by molar-refractivity contribution is 7.47. The zero-order chi connectivity index (χ0) is 45.6. The molecule has 4 N–H and O–H groups in total. The van der Waals surface area contributed by atoms with Gasteiger partial charge in [-0.3, -0.25) is 23.2 Å². The summed E-state index contributed by atoms with van der Waals surface area (Å²) in [4.78, 5) is 52.8. The zero-order valence-electron chi connectivity index (χ0n) is 37.9. The Hall–Kier alpha value is -1.96. The fourth-order valence-corrected chi connectivity index (χ4v) is 7.53. The largest absolute Gasteiger partial charge is 0.472 e. The van der Waals surface area contributed by atoms with Crippen LogP contribution in [0, 0.1) is 0 Å². The number of carbonyl (C=O) groups excluding carboxylic acids is 2. The second-order valence-electron chi connectivity index (χ2n) is 16.1. The molecule has 1 aliphatic rings. The molecule has 0 bridgehead atoms. The molecular formula is C46H82O14P2. The Labute approximate surface area is 373 Å². The summed E-state index contributed by atoms with van der Waals surface area (Å²) in [6.07, 6.45) is 41.3. The van der Waals surface area contributed by atoms with E-state index in [1.54, 1.807) is 0 Å². The number of hydrogen-bond acceptors (Lipinski definition) is 11. The number of epoxide rings is 1. The topological polar surface area (TPSA) is 208 Å². The van der Waals surface area contributed by atoms with Gasteiger partial charge in [0.1, 0.15) is 12.7 Å². The predicted molar refractivity (Wildman–Crippen MR) is 243 cm³/mol. The highest BCUT2D eigenvalue weighted by atomic mass is 31.2. The van der Waals surface area contributed by atoms with Gasteiger partial charge in [0.25, 0.3) is 0 Å². The van der Waals surface area contributed by atoms with Crippen LogP contribution in [0.2, 0.25) is 0 Å². The molecule has 0 radical (unpaired) electrons. The van der Waals surface area contributed by atoms with E-state index in [1.807, 2.05) is 12.2 Å². The standard InChI is InChI=1S/C46H82O14P2/c1-3-5-7-9-11-12-13-14-15-16-17-18-19-20-23-28-32-36-46(49)59-42(40-58-62(53,54)57-38-41(47)37-56-61(50,51)52)39-55-45(48)35-31-27-24-21-22-26-30-34-44-43(60-44)33-29-25-10-8-6-4-2/h14-15,21,24-26,29-30,41-44,47H,3-13,16-20,22-23,27-28,31-40H2,1-2H3,(H,53,54)(H2,50,51,52)/b15-14-,24-21-,29-25-,30-26-/t41-,42+,43?,44?/m0/s1. The van der Waals surface area contributed by atoms with Crippen molar-refractivity contribution in [3.63, 3.8) is 0 Å². The summed E-state index contributed by atoms with van der Waals surface area (Å²) in [6, 6.07) is 0. The quantitative estimate of drug-likeness (QED) is 0.0148. The number of esters is 2. The molecule has 1 saturated heterocycles. The van der Waals surface area contributed by atoms with Gasteiger partial charge in [-0.05, 0) is 77.0 Å². The average molecular weight is 921 g/mol. The molecule has 14 nitrogen and oxygen atoms in total.